The fourth-order valence-electron chi connectivity index (χ4n) is 2.46. The summed E-state index contributed by atoms with van der Waals surface area (Å²) in [6, 6.07) is 14.0. The lowest BCUT2D eigenvalue weighted by Crippen LogP contribution is -2.18. The highest BCUT2D eigenvalue weighted by molar-refractivity contribution is 6.21. The molecule has 0 saturated heterocycles. The molecule has 136 valence electrons. The van der Waals surface area contributed by atoms with Crippen molar-refractivity contribution in [3.63, 3.8) is 0 Å². The Bertz CT molecular complexity index is 736. The molecule has 6 nitrogen and oxygen atoms in total. The van der Waals surface area contributed by atoms with Gasteiger partial charge in [0.15, 0.2) is 5.57 Å². The van der Waals surface area contributed by atoms with E-state index in [9.17, 15) is 9.59 Å². The molecule has 0 aromatic heterocycles. The summed E-state index contributed by atoms with van der Waals surface area (Å²) in [5.74, 6) is -0.252. The molecule has 0 aliphatic carbocycles. The highest BCUT2D eigenvalue weighted by atomic mass is 16.5. The van der Waals surface area contributed by atoms with E-state index in [4.69, 9.17) is 18.9 Å². The standard InChI is InChI=1S/C20H20O6/c1-23-15-9-5-13(6-10-15)17(14-7-11-16(24-2)12-8-14)18(19(21)25-3)20(22)26-4/h5-12H,1-4H3. The van der Waals surface area contributed by atoms with E-state index in [0.717, 1.165) is 0 Å². The second-order valence-corrected chi connectivity index (χ2v) is 5.19. The molecule has 0 unspecified atom stereocenters. The molecule has 2 rings (SSSR count). The number of ether oxygens (including phenoxy) is 4. The van der Waals surface area contributed by atoms with Crippen molar-refractivity contribution in [2.24, 2.45) is 0 Å². The largest absolute Gasteiger partial charge is 0.497 e. The second kappa shape index (κ2) is 8.71. The number of carbonyl (C=O) groups excluding carboxylic acids is 2. The Labute approximate surface area is 151 Å². The fraction of sp³-hybridized carbons (Fsp3) is 0.200. The molecule has 0 atom stereocenters. The first kappa shape index (κ1) is 19.1. The van der Waals surface area contributed by atoms with E-state index in [-0.39, 0.29) is 5.57 Å². The Kier molecular flexibility index (Phi) is 6.38. The Hall–Kier alpha value is -3.28. The molecule has 6 heteroatoms. The van der Waals surface area contributed by atoms with E-state index in [1.54, 1.807) is 62.8 Å². The topological polar surface area (TPSA) is 71.1 Å². The summed E-state index contributed by atoms with van der Waals surface area (Å²) in [5, 5.41) is 0. The average Bonchev–Trinajstić information content (AvgIpc) is 2.71. The molecule has 0 aliphatic rings. The molecule has 0 radical (unpaired) electrons. The van der Waals surface area contributed by atoms with Crippen molar-refractivity contribution in [1.29, 1.82) is 0 Å². The Morgan fingerprint density at radius 3 is 1.23 bits per heavy atom. The maximum atomic E-state index is 12.3. The molecule has 0 heterocycles. The zero-order chi connectivity index (χ0) is 19.1. The summed E-state index contributed by atoms with van der Waals surface area (Å²) in [6.07, 6.45) is 0. The van der Waals surface area contributed by atoms with Crippen molar-refractivity contribution in [2.75, 3.05) is 28.4 Å². The molecule has 2 aromatic rings. The van der Waals surface area contributed by atoms with E-state index >= 15 is 0 Å². The lowest BCUT2D eigenvalue weighted by Gasteiger charge is -2.14. The van der Waals surface area contributed by atoms with Gasteiger partial charge >= 0.3 is 11.9 Å². The highest BCUT2D eigenvalue weighted by Crippen LogP contribution is 2.30. The average molecular weight is 356 g/mol. The normalized spacial score (nSPS) is 9.85. The van der Waals surface area contributed by atoms with E-state index in [0.29, 0.717) is 28.2 Å². The maximum Gasteiger partial charge on any atom is 0.345 e. The number of methoxy groups -OCH3 is 4. The van der Waals surface area contributed by atoms with E-state index < -0.39 is 11.9 Å². The van der Waals surface area contributed by atoms with Gasteiger partial charge in [-0.05, 0) is 35.4 Å². The van der Waals surface area contributed by atoms with Crippen LogP contribution in [0.3, 0.4) is 0 Å². The monoisotopic (exact) mass is 356 g/mol. The summed E-state index contributed by atoms with van der Waals surface area (Å²) in [7, 11) is 5.54. The van der Waals surface area contributed by atoms with Crippen molar-refractivity contribution < 1.29 is 28.5 Å². The molecular formula is C20H20O6. The summed E-state index contributed by atoms with van der Waals surface area (Å²) in [4.78, 5) is 24.6. The third kappa shape index (κ3) is 4.03. The molecule has 0 saturated carbocycles. The molecule has 0 N–H and O–H groups in total. The van der Waals surface area contributed by atoms with Crippen LogP contribution in [0.4, 0.5) is 0 Å². The predicted octanol–water partition coefficient (Wildman–Crippen LogP) is 2.85. The van der Waals surface area contributed by atoms with Gasteiger partial charge in [0.25, 0.3) is 0 Å². The van der Waals surface area contributed by atoms with E-state index in [2.05, 4.69) is 0 Å². The number of benzene rings is 2. The second-order valence-electron chi connectivity index (χ2n) is 5.19. The Balaban J connectivity index is 2.74. The number of hydrogen-bond acceptors (Lipinski definition) is 6. The molecule has 0 fully saturated rings. The molecule has 0 aliphatic heterocycles. The zero-order valence-electron chi connectivity index (χ0n) is 15.1. The molecule has 0 bridgehead atoms. The molecular weight excluding hydrogens is 336 g/mol. The summed E-state index contributed by atoms with van der Waals surface area (Å²) < 4.78 is 19.9. The Morgan fingerprint density at radius 2 is 0.962 bits per heavy atom. The highest BCUT2D eigenvalue weighted by Gasteiger charge is 2.27. The van der Waals surface area contributed by atoms with Crippen molar-refractivity contribution in [3.8, 4) is 11.5 Å². The van der Waals surface area contributed by atoms with Gasteiger partial charge in [-0.25, -0.2) is 9.59 Å². The van der Waals surface area contributed by atoms with Gasteiger partial charge < -0.3 is 18.9 Å². The van der Waals surface area contributed by atoms with Gasteiger partial charge in [0.05, 0.1) is 28.4 Å². The number of carbonyl (C=O) groups is 2. The lowest BCUT2D eigenvalue weighted by atomic mass is 9.92. The Morgan fingerprint density at radius 1 is 0.615 bits per heavy atom. The van der Waals surface area contributed by atoms with Crippen molar-refractivity contribution in [3.05, 3.63) is 65.2 Å². The molecule has 0 spiro atoms. The summed E-state index contributed by atoms with van der Waals surface area (Å²) in [5.41, 5.74) is 1.49. The van der Waals surface area contributed by atoms with Gasteiger partial charge in [0.1, 0.15) is 11.5 Å². The van der Waals surface area contributed by atoms with Crippen LogP contribution >= 0.6 is 0 Å². The minimum absolute atomic E-state index is 0.190. The third-order valence-corrected chi connectivity index (χ3v) is 3.79. The van der Waals surface area contributed by atoms with Crippen molar-refractivity contribution in [2.45, 2.75) is 0 Å². The summed E-state index contributed by atoms with van der Waals surface area (Å²) >= 11 is 0. The van der Waals surface area contributed by atoms with Crippen molar-refractivity contribution in [1.82, 2.24) is 0 Å². The van der Waals surface area contributed by atoms with E-state index in [1.807, 2.05) is 0 Å². The smallest absolute Gasteiger partial charge is 0.345 e. The number of hydrogen-bond donors (Lipinski definition) is 0. The van der Waals surface area contributed by atoms with Gasteiger partial charge in [-0.3, -0.25) is 0 Å². The van der Waals surface area contributed by atoms with Crippen LogP contribution in [0.2, 0.25) is 0 Å². The lowest BCUT2D eigenvalue weighted by molar-refractivity contribution is -0.143. The zero-order valence-corrected chi connectivity index (χ0v) is 15.1. The van der Waals surface area contributed by atoms with Crippen LogP contribution in [0.1, 0.15) is 11.1 Å². The minimum atomic E-state index is -0.779. The predicted molar refractivity (Wildman–Crippen MR) is 96.0 cm³/mol. The van der Waals surface area contributed by atoms with Gasteiger partial charge in [-0.1, -0.05) is 24.3 Å². The van der Waals surface area contributed by atoms with Gasteiger partial charge in [0.2, 0.25) is 0 Å². The first-order valence-corrected chi connectivity index (χ1v) is 7.75. The molecule has 26 heavy (non-hydrogen) atoms. The van der Waals surface area contributed by atoms with Gasteiger partial charge in [0, 0.05) is 5.57 Å². The maximum absolute atomic E-state index is 12.3. The molecule has 2 aromatic carbocycles. The van der Waals surface area contributed by atoms with Crippen LogP contribution < -0.4 is 9.47 Å². The van der Waals surface area contributed by atoms with Crippen LogP contribution in [-0.4, -0.2) is 40.4 Å². The van der Waals surface area contributed by atoms with Gasteiger partial charge in [-0.15, -0.1) is 0 Å². The summed E-state index contributed by atoms with van der Waals surface area (Å²) in [6.45, 7) is 0. The third-order valence-electron chi connectivity index (χ3n) is 3.79. The minimum Gasteiger partial charge on any atom is -0.497 e. The van der Waals surface area contributed by atoms with Crippen LogP contribution in [0, 0.1) is 0 Å². The van der Waals surface area contributed by atoms with Crippen LogP contribution in [0.5, 0.6) is 11.5 Å². The SMILES string of the molecule is COC(=O)C(C(=O)OC)=C(c1ccc(OC)cc1)c1ccc(OC)cc1. The number of esters is 2. The van der Waals surface area contributed by atoms with Crippen LogP contribution in [0.15, 0.2) is 54.1 Å². The molecule has 0 amide bonds. The number of rotatable bonds is 6. The van der Waals surface area contributed by atoms with Gasteiger partial charge in [-0.2, -0.15) is 0 Å². The van der Waals surface area contributed by atoms with Crippen LogP contribution in [-0.2, 0) is 19.1 Å². The van der Waals surface area contributed by atoms with Crippen molar-refractivity contribution >= 4 is 17.5 Å². The fourth-order valence-corrected chi connectivity index (χ4v) is 2.46. The first-order valence-electron chi connectivity index (χ1n) is 7.75. The quantitative estimate of drug-likeness (QED) is 0.343. The first-order chi connectivity index (χ1) is 12.5. The van der Waals surface area contributed by atoms with E-state index in [1.165, 1.54) is 14.2 Å². The van der Waals surface area contributed by atoms with Crippen LogP contribution in [0.25, 0.3) is 5.57 Å².